The van der Waals surface area contributed by atoms with Crippen LogP contribution in [0.15, 0.2) is 0 Å². The predicted molar refractivity (Wildman–Crippen MR) is 42.5 cm³/mol. The highest BCUT2D eigenvalue weighted by atomic mass is 16.1. The van der Waals surface area contributed by atoms with E-state index in [2.05, 4.69) is 19.2 Å². The lowest BCUT2D eigenvalue weighted by Gasteiger charge is -2.10. The average Bonchev–Trinajstić information content (AvgIpc) is 1.88. The summed E-state index contributed by atoms with van der Waals surface area (Å²) in [6.07, 6.45) is 2.50. The number of nitrogens with one attached hydrogen (secondary N) is 1. The maximum atomic E-state index is 10.7. The van der Waals surface area contributed by atoms with Crippen LogP contribution in [0, 0.1) is 6.92 Å². The Morgan fingerprint density at radius 1 is 1.70 bits per heavy atom. The lowest BCUT2D eigenvalue weighted by atomic mass is 10.2. The van der Waals surface area contributed by atoms with Crippen molar-refractivity contribution >= 4 is 5.91 Å². The molecule has 1 unspecified atom stereocenters. The number of carbonyl (C=O) groups excluding carboxylic acids is 1. The summed E-state index contributed by atoms with van der Waals surface area (Å²) < 4.78 is 0. The third-order valence-corrected chi connectivity index (χ3v) is 1.36. The van der Waals surface area contributed by atoms with Crippen LogP contribution in [0.5, 0.6) is 0 Å². The number of hydrogen-bond acceptors (Lipinski definition) is 1. The van der Waals surface area contributed by atoms with Crippen LogP contribution in [0.3, 0.4) is 0 Å². The van der Waals surface area contributed by atoms with Crippen molar-refractivity contribution in [2.45, 2.75) is 39.2 Å². The van der Waals surface area contributed by atoms with Crippen LogP contribution >= 0.6 is 0 Å². The molecule has 0 aromatic heterocycles. The van der Waals surface area contributed by atoms with Gasteiger partial charge in [0, 0.05) is 12.5 Å². The first-order valence-electron chi connectivity index (χ1n) is 3.79. The molecule has 0 aromatic carbocycles. The van der Waals surface area contributed by atoms with Gasteiger partial charge in [0.15, 0.2) is 0 Å². The summed E-state index contributed by atoms with van der Waals surface area (Å²) in [7, 11) is 0. The number of hydrogen-bond donors (Lipinski definition) is 1. The summed E-state index contributed by atoms with van der Waals surface area (Å²) in [6, 6.07) is 0.305. The zero-order valence-electron chi connectivity index (χ0n) is 6.81. The van der Waals surface area contributed by atoms with Crippen molar-refractivity contribution in [1.82, 2.24) is 5.32 Å². The molecule has 10 heavy (non-hydrogen) atoms. The molecule has 0 spiro atoms. The largest absolute Gasteiger partial charge is 0.354 e. The lowest BCUT2D eigenvalue weighted by Crippen LogP contribution is -2.31. The molecule has 0 saturated carbocycles. The van der Waals surface area contributed by atoms with Crippen LogP contribution in [-0.2, 0) is 4.79 Å². The third kappa shape index (κ3) is 4.36. The van der Waals surface area contributed by atoms with Crippen molar-refractivity contribution in [1.29, 1.82) is 0 Å². The lowest BCUT2D eigenvalue weighted by molar-refractivity contribution is -0.120. The van der Waals surface area contributed by atoms with Gasteiger partial charge in [-0.3, -0.25) is 4.79 Å². The SMILES string of the molecule is [CH2]CC(=O)NC(C)CCC. The van der Waals surface area contributed by atoms with Gasteiger partial charge >= 0.3 is 0 Å². The van der Waals surface area contributed by atoms with Gasteiger partial charge < -0.3 is 5.32 Å². The van der Waals surface area contributed by atoms with Gasteiger partial charge in [-0.15, -0.1) is 0 Å². The molecule has 59 valence electrons. The molecule has 0 aliphatic carbocycles. The molecule has 1 N–H and O–H groups in total. The number of carbonyl (C=O) groups is 1. The molecule has 2 nitrogen and oxygen atoms in total. The minimum absolute atomic E-state index is 0.0425. The average molecular weight is 142 g/mol. The van der Waals surface area contributed by atoms with E-state index in [0.29, 0.717) is 12.5 Å². The standard InChI is InChI=1S/C8H16NO/c1-4-6-7(3)9-8(10)5-2/h7H,2,4-6H2,1,3H3,(H,9,10). The van der Waals surface area contributed by atoms with Crippen molar-refractivity contribution < 1.29 is 4.79 Å². The molecule has 0 rings (SSSR count). The normalized spacial score (nSPS) is 12.7. The van der Waals surface area contributed by atoms with Gasteiger partial charge in [-0.1, -0.05) is 13.3 Å². The maximum Gasteiger partial charge on any atom is 0.220 e. The summed E-state index contributed by atoms with van der Waals surface area (Å²) in [6.45, 7) is 7.60. The minimum atomic E-state index is 0.0425. The zero-order valence-corrected chi connectivity index (χ0v) is 6.81. The van der Waals surface area contributed by atoms with Crippen molar-refractivity contribution in [2.24, 2.45) is 0 Å². The smallest absolute Gasteiger partial charge is 0.220 e. The Morgan fingerprint density at radius 3 is 2.70 bits per heavy atom. The first-order valence-corrected chi connectivity index (χ1v) is 3.79. The van der Waals surface area contributed by atoms with Crippen LogP contribution in [0.4, 0.5) is 0 Å². The Balaban J connectivity index is 3.37. The Hall–Kier alpha value is -0.530. The summed E-state index contributed by atoms with van der Waals surface area (Å²) >= 11 is 0. The van der Waals surface area contributed by atoms with Crippen LogP contribution in [0.25, 0.3) is 0 Å². The fraction of sp³-hybridized carbons (Fsp3) is 0.750. The van der Waals surface area contributed by atoms with Gasteiger partial charge in [0.1, 0.15) is 0 Å². The summed E-state index contributed by atoms with van der Waals surface area (Å²) in [5.41, 5.74) is 0. The summed E-state index contributed by atoms with van der Waals surface area (Å²) in [5, 5.41) is 2.83. The molecule has 0 fully saturated rings. The third-order valence-electron chi connectivity index (χ3n) is 1.36. The topological polar surface area (TPSA) is 29.1 Å². The van der Waals surface area contributed by atoms with Crippen molar-refractivity contribution in [2.75, 3.05) is 0 Å². The second kappa shape index (κ2) is 5.27. The Kier molecular flexibility index (Phi) is 4.99. The summed E-state index contributed by atoms with van der Waals surface area (Å²) in [5.74, 6) is 0.0425. The van der Waals surface area contributed by atoms with E-state index >= 15 is 0 Å². The fourth-order valence-corrected chi connectivity index (χ4v) is 0.852. The van der Waals surface area contributed by atoms with Crippen LogP contribution in [-0.4, -0.2) is 11.9 Å². The first-order chi connectivity index (χ1) is 4.70. The maximum absolute atomic E-state index is 10.7. The van der Waals surface area contributed by atoms with Crippen molar-refractivity contribution in [3.8, 4) is 0 Å². The van der Waals surface area contributed by atoms with Gasteiger partial charge in [0.25, 0.3) is 0 Å². The van der Waals surface area contributed by atoms with E-state index in [9.17, 15) is 4.79 Å². The second-order valence-electron chi connectivity index (χ2n) is 2.51. The second-order valence-corrected chi connectivity index (χ2v) is 2.51. The van der Waals surface area contributed by atoms with Crippen molar-refractivity contribution in [3.63, 3.8) is 0 Å². The van der Waals surface area contributed by atoms with Gasteiger partial charge in [0.2, 0.25) is 5.91 Å². The molecule has 0 saturated heterocycles. The molecular weight excluding hydrogens is 126 g/mol. The molecule has 0 aromatic rings. The molecule has 0 bridgehead atoms. The molecule has 1 amide bonds. The monoisotopic (exact) mass is 142 g/mol. The van der Waals surface area contributed by atoms with Gasteiger partial charge in [-0.25, -0.2) is 0 Å². The van der Waals surface area contributed by atoms with E-state index in [1.807, 2.05) is 6.92 Å². The molecule has 0 aliphatic rings. The minimum Gasteiger partial charge on any atom is -0.354 e. The van der Waals surface area contributed by atoms with Crippen LogP contribution < -0.4 is 5.32 Å². The first kappa shape index (κ1) is 9.47. The summed E-state index contributed by atoms with van der Waals surface area (Å²) in [4.78, 5) is 10.7. The molecule has 0 heterocycles. The molecule has 1 radical (unpaired) electrons. The van der Waals surface area contributed by atoms with Gasteiger partial charge in [-0.05, 0) is 20.3 Å². The van der Waals surface area contributed by atoms with Crippen molar-refractivity contribution in [3.05, 3.63) is 6.92 Å². The fourth-order valence-electron chi connectivity index (χ4n) is 0.852. The Morgan fingerprint density at radius 2 is 2.30 bits per heavy atom. The Labute approximate surface area is 63.0 Å². The Bertz CT molecular complexity index is 101. The zero-order chi connectivity index (χ0) is 7.98. The molecule has 2 heteroatoms. The number of amides is 1. The highest BCUT2D eigenvalue weighted by molar-refractivity contribution is 5.76. The van der Waals surface area contributed by atoms with Crippen LogP contribution in [0.1, 0.15) is 33.1 Å². The molecule has 1 atom stereocenters. The van der Waals surface area contributed by atoms with E-state index < -0.39 is 0 Å². The van der Waals surface area contributed by atoms with E-state index in [-0.39, 0.29) is 5.91 Å². The highest BCUT2D eigenvalue weighted by Crippen LogP contribution is 1.94. The predicted octanol–water partition coefficient (Wildman–Crippen LogP) is 1.52. The van der Waals surface area contributed by atoms with E-state index in [1.54, 1.807) is 0 Å². The molecule has 0 aliphatic heterocycles. The van der Waals surface area contributed by atoms with E-state index in [0.717, 1.165) is 12.8 Å². The molecular formula is C8H16NO. The quantitative estimate of drug-likeness (QED) is 0.633. The van der Waals surface area contributed by atoms with E-state index in [4.69, 9.17) is 0 Å². The van der Waals surface area contributed by atoms with Gasteiger partial charge in [-0.2, -0.15) is 0 Å². The van der Waals surface area contributed by atoms with Crippen LogP contribution in [0.2, 0.25) is 0 Å². The van der Waals surface area contributed by atoms with E-state index in [1.165, 1.54) is 0 Å². The van der Waals surface area contributed by atoms with Gasteiger partial charge in [0.05, 0.1) is 0 Å². The highest BCUT2D eigenvalue weighted by Gasteiger charge is 2.02. The number of rotatable bonds is 4.